The van der Waals surface area contributed by atoms with Crippen LogP contribution in [0.15, 0.2) is 42.5 Å². The van der Waals surface area contributed by atoms with Gasteiger partial charge in [-0.1, -0.05) is 37.6 Å². The predicted molar refractivity (Wildman–Crippen MR) is 156 cm³/mol. The fourth-order valence-electron chi connectivity index (χ4n) is 4.68. The number of benzene rings is 2. The summed E-state index contributed by atoms with van der Waals surface area (Å²) in [6.45, 7) is 4.13. The number of carbonyl (C=O) groups excluding carboxylic acids is 2. The van der Waals surface area contributed by atoms with Crippen LogP contribution in [0.1, 0.15) is 59.9 Å². The van der Waals surface area contributed by atoms with Gasteiger partial charge in [0.1, 0.15) is 11.7 Å². The summed E-state index contributed by atoms with van der Waals surface area (Å²) >= 11 is 0. The number of nitrogens with two attached hydrogens (primary N) is 1. The molecule has 10 nitrogen and oxygen atoms in total. The van der Waals surface area contributed by atoms with Crippen LogP contribution in [0.25, 0.3) is 11.0 Å². The number of rotatable bonds is 10. The number of nitrogens with zero attached hydrogens (tertiary/aromatic N) is 3. The lowest BCUT2D eigenvalue weighted by Crippen LogP contribution is -2.52. The fourth-order valence-corrected chi connectivity index (χ4v) is 4.68. The maximum Gasteiger partial charge on any atom is 0.315 e. The van der Waals surface area contributed by atoms with Gasteiger partial charge in [0.15, 0.2) is 0 Å². The van der Waals surface area contributed by atoms with E-state index in [1.807, 2.05) is 54.5 Å². The summed E-state index contributed by atoms with van der Waals surface area (Å²) in [5, 5.41) is 15.4. The first-order valence-electron chi connectivity index (χ1n) is 13.3. The molecule has 0 spiro atoms. The van der Waals surface area contributed by atoms with Gasteiger partial charge in [0.25, 0.3) is 5.91 Å². The summed E-state index contributed by atoms with van der Waals surface area (Å²) in [5.74, 6) is 0.852. The SMILES string of the molecule is CCCCNC(=O)NC1CCN(NC(=O)c2ccc3c(c2)nc(CCc2ccc(C(=N)N)cc2)n3C)CC1.Cl. The zero-order chi connectivity index (χ0) is 27.1. The third kappa shape index (κ3) is 7.93. The number of amidine groups is 1. The van der Waals surface area contributed by atoms with E-state index in [4.69, 9.17) is 16.1 Å². The molecular formula is C28H39ClN8O2. The Hall–Kier alpha value is -3.63. The molecule has 0 aliphatic carbocycles. The van der Waals surface area contributed by atoms with Gasteiger partial charge in [0, 0.05) is 50.3 Å². The number of hydrogen-bond acceptors (Lipinski definition) is 5. The molecule has 39 heavy (non-hydrogen) atoms. The molecule has 0 radical (unpaired) electrons. The lowest BCUT2D eigenvalue weighted by Gasteiger charge is -2.32. The Labute approximate surface area is 235 Å². The molecule has 2 aromatic carbocycles. The minimum atomic E-state index is -0.159. The smallest absolute Gasteiger partial charge is 0.315 e. The summed E-state index contributed by atoms with van der Waals surface area (Å²) in [4.78, 5) is 29.7. The van der Waals surface area contributed by atoms with Crippen LogP contribution in [-0.4, -0.2) is 58.0 Å². The maximum atomic E-state index is 12.9. The average Bonchev–Trinajstić information content (AvgIpc) is 3.23. The van der Waals surface area contributed by atoms with Gasteiger partial charge >= 0.3 is 6.03 Å². The zero-order valence-corrected chi connectivity index (χ0v) is 23.4. The molecule has 0 unspecified atom stereocenters. The lowest BCUT2D eigenvalue weighted by molar-refractivity contribution is 0.0726. The number of fused-ring (bicyclic) bond motifs is 1. The standard InChI is InChI=1S/C28H38N8O2.ClH/c1-3-4-15-31-28(38)32-22-13-16-36(17-14-22)34-27(37)21-10-11-24-23(18-21)33-25(35(24)2)12-7-19-5-8-20(9-6-19)26(29)30;/h5-6,8-11,18,22H,3-4,7,12-17H2,1-2H3,(H3,29,30)(H,34,37)(H2,31,32,38);1H. The molecule has 1 aliphatic rings. The van der Waals surface area contributed by atoms with Crippen molar-refractivity contribution in [2.45, 2.75) is 51.5 Å². The number of nitrogen functional groups attached to an aromatic ring is 1. The van der Waals surface area contributed by atoms with Crippen molar-refractivity contribution >= 4 is 41.2 Å². The third-order valence-corrected chi connectivity index (χ3v) is 7.04. The first-order valence-corrected chi connectivity index (χ1v) is 13.3. The van der Waals surface area contributed by atoms with Crippen LogP contribution in [0.4, 0.5) is 4.79 Å². The van der Waals surface area contributed by atoms with Crippen molar-refractivity contribution in [2.75, 3.05) is 19.6 Å². The molecule has 2 heterocycles. The van der Waals surface area contributed by atoms with E-state index in [1.165, 1.54) is 0 Å². The van der Waals surface area contributed by atoms with Gasteiger partial charge in [-0.05, 0) is 49.4 Å². The minimum Gasteiger partial charge on any atom is -0.384 e. The molecule has 11 heteroatoms. The third-order valence-electron chi connectivity index (χ3n) is 7.04. The molecular weight excluding hydrogens is 516 g/mol. The Morgan fingerprint density at radius 3 is 2.44 bits per heavy atom. The summed E-state index contributed by atoms with van der Waals surface area (Å²) in [6, 6.07) is 13.3. The van der Waals surface area contributed by atoms with E-state index < -0.39 is 0 Å². The van der Waals surface area contributed by atoms with Crippen LogP contribution in [0.3, 0.4) is 0 Å². The van der Waals surface area contributed by atoms with Crippen molar-refractivity contribution in [1.29, 1.82) is 5.41 Å². The molecule has 1 aromatic heterocycles. The molecule has 210 valence electrons. The number of urea groups is 1. The molecule has 4 rings (SSSR count). The Balaban J connectivity index is 0.00000420. The number of carbonyl (C=O) groups is 2. The van der Waals surface area contributed by atoms with Gasteiger partial charge in [-0.3, -0.25) is 15.6 Å². The van der Waals surface area contributed by atoms with Crippen LogP contribution >= 0.6 is 12.4 Å². The number of hydrazine groups is 1. The molecule has 0 atom stereocenters. The molecule has 1 fully saturated rings. The Bertz CT molecular complexity index is 1280. The van der Waals surface area contributed by atoms with E-state index in [0.717, 1.165) is 60.9 Å². The molecule has 1 aliphatic heterocycles. The van der Waals surface area contributed by atoms with Gasteiger partial charge < -0.3 is 20.9 Å². The number of piperidine rings is 1. The molecule has 3 amide bonds. The quantitative estimate of drug-likeness (QED) is 0.149. The molecule has 1 saturated heterocycles. The Kier molecular flexibility index (Phi) is 10.7. The summed E-state index contributed by atoms with van der Waals surface area (Å²) in [7, 11) is 1.99. The highest BCUT2D eigenvalue weighted by Crippen LogP contribution is 2.19. The molecule has 0 bridgehead atoms. The second-order valence-electron chi connectivity index (χ2n) is 9.86. The second kappa shape index (κ2) is 14.0. The van der Waals surface area contributed by atoms with Crippen molar-refractivity contribution < 1.29 is 9.59 Å². The number of amides is 3. The molecule has 6 N–H and O–H groups in total. The Morgan fingerprint density at radius 2 is 1.77 bits per heavy atom. The second-order valence-corrected chi connectivity index (χ2v) is 9.86. The minimum absolute atomic E-state index is 0. The van der Waals surface area contributed by atoms with E-state index >= 15 is 0 Å². The van der Waals surface area contributed by atoms with Gasteiger partial charge in [0.05, 0.1) is 11.0 Å². The monoisotopic (exact) mass is 554 g/mol. The summed E-state index contributed by atoms with van der Waals surface area (Å²) in [6.07, 6.45) is 5.15. The highest BCUT2D eigenvalue weighted by atomic mass is 35.5. The highest BCUT2D eigenvalue weighted by Gasteiger charge is 2.22. The number of aromatic nitrogens is 2. The topological polar surface area (TPSA) is 141 Å². The van der Waals surface area contributed by atoms with Crippen LogP contribution in [0, 0.1) is 5.41 Å². The average molecular weight is 555 g/mol. The van der Waals surface area contributed by atoms with Crippen molar-refractivity contribution in [2.24, 2.45) is 12.8 Å². The molecule has 0 saturated carbocycles. The lowest BCUT2D eigenvalue weighted by atomic mass is 10.1. The number of unbranched alkanes of at least 4 members (excludes halogenated alkanes) is 1. The van der Waals surface area contributed by atoms with Gasteiger partial charge in [-0.2, -0.15) is 0 Å². The van der Waals surface area contributed by atoms with Crippen molar-refractivity contribution in [1.82, 2.24) is 30.6 Å². The molecule has 3 aromatic rings. The van der Waals surface area contributed by atoms with Crippen LogP contribution in [0.2, 0.25) is 0 Å². The van der Waals surface area contributed by atoms with Gasteiger partial charge in [0.2, 0.25) is 0 Å². The summed E-state index contributed by atoms with van der Waals surface area (Å²) in [5.41, 5.74) is 12.7. The van der Waals surface area contributed by atoms with Crippen LogP contribution in [-0.2, 0) is 19.9 Å². The van der Waals surface area contributed by atoms with Gasteiger partial charge in [-0.25, -0.2) is 14.8 Å². The van der Waals surface area contributed by atoms with E-state index in [9.17, 15) is 9.59 Å². The number of aryl methyl sites for hydroxylation is 3. The number of hydrogen-bond donors (Lipinski definition) is 5. The number of nitrogens with one attached hydrogen (secondary N) is 4. The van der Waals surface area contributed by atoms with E-state index in [1.54, 1.807) is 0 Å². The van der Waals surface area contributed by atoms with Crippen LogP contribution in [0.5, 0.6) is 0 Å². The normalized spacial score (nSPS) is 14.0. The van der Waals surface area contributed by atoms with Gasteiger partial charge in [-0.15, -0.1) is 12.4 Å². The van der Waals surface area contributed by atoms with E-state index in [0.29, 0.717) is 30.8 Å². The fraction of sp³-hybridized carbons (Fsp3) is 0.429. The first-order chi connectivity index (χ1) is 18.3. The van der Waals surface area contributed by atoms with Crippen LogP contribution < -0.4 is 21.8 Å². The maximum absolute atomic E-state index is 12.9. The van der Waals surface area contributed by atoms with Crippen molar-refractivity contribution in [3.8, 4) is 0 Å². The first kappa shape index (κ1) is 29.9. The predicted octanol–water partition coefficient (Wildman–Crippen LogP) is 3.27. The van der Waals surface area contributed by atoms with Crippen molar-refractivity contribution in [3.05, 3.63) is 65.0 Å². The highest BCUT2D eigenvalue weighted by molar-refractivity contribution is 5.97. The number of halogens is 1. The zero-order valence-electron chi connectivity index (χ0n) is 22.6. The number of imidazole rings is 1. The Morgan fingerprint density at radius 1 is 1.08 bits per heavy atom. The van der Waals surface area contributed by atoms with E-state index in [2.05, 4.69) is 27.6 Å². The summed E-state index contributed by atoms with van der Waals surface area (Å²) < 4.78 is 2.07. The largest absolute Gasteiger partial charge is 0.384 e. The van der Waals surface area contributed by atoms with Crippen molar-refractivity contribution in [3.63, 3.8) is 0 Å². The van der Waals surface area contributed by atoms with E-state index in [-0.39, 0.29) is 36.2 Å².